The van der Waals surface area contributed by atoms with Gasteiger partial charge in [0.25, 0.3) is 0 Å². The van der Waals surface area contributed by atoms with E-state index in [-0.39, 0.29) is 0 Å². The van der Waals surface area contributed by atoms with Gasteiger partial charge >= 0.3 is 0 Å². The van der Waals surface area contributed by atoms with Gasteiger partial charge in [-0.15, -0.1) is 0 Å². The summed E-state index contributed by atoms with van der Waals surface area (Å²) in [7, 11) is 3.78. The number of para-hydroxylation sites is 1. The maximum Gasteiger partial charge on any atom is 0.129 e. The molecule has 0 aliphatic heterocycles. The molecule has 1 heterocycles. The quantitative estimate of drug-likeness (QED) is 0.775. The topological polar surface area (TPSA) is 25.4 Å². The van der Waals surface area contributed by atoms with Crippen molar-refractivity contribution in [3.8, 4) is 5.75 Å². The number of nitrogens with zero attached hydrogens (tertiary/aromatic N) is 2. The number of benzene rings is 1. The first-order valence-corrected chi connectivity index (χ1v) is 7.38. The van der Waals surface area contributed by atoms with Gasteiger partial charge in [-0.2, -0.15) is 0 Å². The summed E-state index contributed by atoms with van der Waals surface area (Å²) in [6.45, 7) is 2.19. The highest BCUT2D eigenvalue weighted by molar-refractivity contribution is 9.10. The first-order chi connectivity index (χ1) is 9.61. The highest BCUT2D eigenvalue weighted by atomic mass is 79.9. The minimum atomic E-state index is 0.327. The van der Waals surface area contributed by atoms with Gasteiger partial charge in [-0.3, -0.25) is 0 Å². The third-order valence-electron chi connectivity index (χ3n) is 3.43. The van der Waals surface area contributed by atoms with Crippen molar-refractivity contribution >= 4 is 21.7 Å². The molecule has 20 heavy (non-hydrogen) atoms. The fraction of sp³-hybridized carbons (Fsp3) is 0.312. The number of ether oxygens (including phenoxy) is 1. The van der Waals surface area contributed by atoms with Gasteiger partial charge in [0, 0.05) is 13.1 Å². The van der Waals surface area contributed by atoms with E-state index < -0.39 is 0 Å². The normalized spacial score (nSPS) is 12.0. The molecule has 1 unspecified atom stereocenters. The van der Waals surface area contributed by atoms with Crippen LogP contribution >= 0.6 is 15.9 Å². The van der Waals surface area contributed by atoms with Crippen LogP contribution in [0.2, 0.25) is 0 Å². The number of methoxy groups -OCH3 is 1. The van der Waals surface area contributed by atoms with Crippen LogP contribution in [0.15, 0.2) is 47.1 Å². The minimum absolute atomic E-state index is 0.327. The number of halogens is 1. The predicted molar refractivity (Wildman–Crippen MR) is 86.5 cm³/mol. The second-order valence-electron chi connectivity index (χ2n) is 4.79. The zero-order chi connectivity index (χ0) is 14.5. The summed E-state index contributed by atoms with van der Waals surface area (Å²) in [5, 5.41) is 0. The average Bonchev–Trinajstić information content (AvgIpc) is 2.47. The molecule has 0 fully saturated rings. The molecule has 1 atom stereocenters. The van der Waals surface area contributed by atoms with Gasteiger partial charge in [-0.25, -0.2) is 4.98 Å². The molecule has 0 saturated carbocycles. The van der Waals surface area contributed by atoms with Crippen LogP contribution in [-0.4, -0.2) is 25.2 Å². The molecule has 1 aromatic carbocycles. The Morgan fingerprint density at radius 2 is 1.95 bits per heavy atom. The van der Waals surface area contributed by atoms with Gasteiger partial charge in [0.1, 0.15) is 16.2 Å². The number of hydrogen-bond acceptors (Lipinski definition) is 3. The molecule has 0 saturated heterocycles. The Balaban J connectivity index is 2.13. The van der Waals surface area contributed by atoms with Crippen molar-refractivity contribution in [2.75, 3.05) is 19.1 Å². The SMILES string of the molecule is COc1ccccc1CC(C)N(C)c1cccc(Br)n1. The second-order valence-corrected chi connectivity index (χ2v) is 5.61. The molecule has 2 rings (SSSR count). The summed E-state index contributed by atoms with van der Waals surface area (Å²) in [5.74, 6) is 1.90. The highest BCUT2D eigenvalue weighted by Gasteiger charge is 2.14. The third-order valence-corrected chi connectivity index (χ3v) is 3.87. The van der Waals surface area contributed by atoms with Gasteiger partial charge in [0.2, 0.25) is 0 Å². The van der Waals surface area contributed by atoms with Crippen molar-refractivity contribution in [2.24, 2.45) is 0 Å². The molecule has 0 aliphatic carbocycles. The molecule has 0 radical (unpaired) electrons. The maximum absolute atomic E-state index is 5.41. The second kappa shape index (κ2) is 6.75. The Labute approximate surface area is 128 Å². The third kappa shape index (κ3) is 3.51. The number of rotatable bonds is 5. The van der Waals surface area contributed by atoms with E-state index in [1.165, 1.54) is 5.56 Å². The van der Waals surface area contributed by atoms with Gasteiger partial charge in [-0.05, 0) is 53.0 Å². The Bertz CT molecular complexity index is 574. The lowest BCUT2D eigenvalue weighted by atomic mass is 10.1. The zero-order valence-electron chi connectivity index (χ0n) is 12.0. The standard InChI is InChI=1S/C16H19BrN2O/c1-12(11-13-7-4-5-8-14(13)20-3)19(2)16-10-6-9-15(17)18-16/h4-10,12H,11H2,1-3H3. The van der Waals surface area contributed by atoms with Crippen LogP contribution in [0.25, 0.3) is 0 Å². The van der Waals surface area contributed by atoms with Crippen LogP contribution in [-0.2, 0) is 6.42 Å². The van der Waals surface area contributed by atoms with E-state index in [9.17, 15) is 0 Å². The van der Waals surface area contributed by atoms with Crippen LogP contribution in [0, 0.1) is 0 Å². The van der Waals surface area contributed by atoms with Gasteiger partial charge < -0.3 is 9.64 Å². The number of pyridine rings is 1. The van der Waals surface area contributed by atoms with E-state index in [1.807, 2.05) is 36.4 Å². The highest BCUT2D eigenvalue weighted by Crippen LogP contribution is 2.22. The molecule has 2 aromatic rings. The van der Waals surface area contributed by atoms with Crippen molar-refractivity contribution in [3.05, 3.63) is 52.6 Å². The van der Waals surface area contributed by atoms with E-state index in [0.29, 0.717) is 6.04 Å². The number of aromatic nitrogens is 1. The van der Waals surface area contributed by atoms with Crippen LogP contribution in [0.4, 0.5) is 5.82 Å². The summed E-state index contributed by atoms with van der Waals surface area (Å²) in [5.41, 5.74) is 1.21. The number of anilines is 1. The number of hydrogen-bond donors (Lipinski definition) is 0. The molecular formula is C16H19BrN2O. The first kappa shape index (κ1) is 14.9. The van der Waals surface area contributed by atoms with Crippen molar-refractivity contribution in [3.63, 3.8) is 0 Å². The van der Waals surface area contributed by atoms with Crippen LogP contribution < -0.4 is 9.64 Å². The Hall–Kier alpha value is -1.55. The zero-order valence-corrected chi connectivity index (χ0v) is 13.6. The average molecular weight is 335 g/mol. The van der Waals surface area contributed by atoms with Crippen LogP contribution in [0.1, 0.15) is 12.5 Å². The van der Waals surface area contributed by atoms with E-state index in [2.05, 4.69) is 45.9 Å². The van der Waals surface area contributed by atoms with Gasteiger partial charge in [0.05, 0.1) is 7.11 Å². The molecule has 0 aliphatic rings. The van der Waals surface area contributed by atoms with Crippen LogP contribution in [0.5, 0.6) is 5.75 Å². The monoisotopic (exact) mass is 334 g/mol. The molecule has 0 amide bonds. The van der Waals surface area contributed by atoms with E-state index in [1.54, 1.807) is 7.11 Å². The molecular weight excluding hydrogens is 316 g/mol. The Kier molecular flexibility index (Phi) is 5.01. The maximum atomic E-state index is 5.41. The van der Waals surface area contributed by atoms with Crippen molar-refractivity contribution < 1.29 is 4.74 Å². The smallest absolute Gasteiger partial charge is 0.129 e. The Morgan fingerprint density at radius 1 is 1.20 bits per heavy atom. The Morgan fingerprint density at radius 3 is 2.65 bits per heavy atom. The van der Waals surface area contributed by atoms with Crippen molar-refractivity contribution in [1.82, 2.24) is 4.98 Å². The summed E-state index contributed by atoms with van der Waals surface area (Å²) < 4.78 is 6.26. The number of likely N-dealkylation sites (N-methyl/N-ethyl adjacent to an activating group) is 1. The summed E-state index contributed by atoms with van der Waals surface area (Å²) in [6.07, 6.45) is 0.911. The molecule has 4 heteroatoms. The summed E-state index contributed by atoms with van der Waals surface area (Å²) in [4.78, 5) is 6.67. The van der Waals surface area contributed by atoms with Crippen molar-refractivity contribution in [1.29, 1.82) is 0 Å². The largest absolute Gasteiger partial charge is 0.496 e. The molecule has 0 N–H and O–H groups in total. The minimum Gasteiger partial charge on any atom is -0.496 e. The molecule has 0 bridgehead atoms. The van der Waals surface area contributed by atoms with Gasteiger partial charge in [-0.1, -0.05) is 24.3 Å². The van der Waals surface area contributed by atoms with E-state index >= 15 is 0 Å². The van der Waals surface area contributed by atoms with E-state index in [0.717, 1.165) is 22.6 Å². The predicted octanol–water partition coefficient (Wildman–Crippen LogP) is 3.92. The summed E-state index contributed by atoms with van der Waals surface area (Å²) in [6, 6.07) is 14.4. The first-order valence-electron chi connectivity index (χ1n) is 6.59. The molecule has 0 spiro atoms. The molecule has 3 nitrogen and oxygen atoms in total. The summed E-state index contributed by atoms with van der Waals surface area (Å²) >= 11 is 3.41. The molecule has 1 aromatic heterocycles. The van der Waals surface area contributed by atoms with E-state index in [4.69, 9.17) is 4.74 Å². The fourth-order valence-corrected chi connectivity index (χ4v) is 2.48. The van der Waals surface area contributed by atoms with Crippen LogP contribution in [0.3, 0.4) is 0 Å². The van der Waals surface area contributed by atoms with Gasteiger partial charge in [0.15, 0.2) is 0 Å². The lowest BCUT2D eigenvalue weighted by molar-refractivity contribution is 0.408. The fourth-order valence-electron chi connectivity index (χ4n) is 2.15. The lowest BCUT2D eigenvalue weighted by Crippen LogP contribution is -2.31. The van der Waals surface area contributed by atoms with Crippen molar-refractivity contribution in [2.45, 2.75) is 19.4 Å². The molecule has 106 valence electrons. The lowest BCUT2D eigenvalue weighted by Gasteiger charge is -2.26.